The standard InChI is InChI=1S/C16H18N8O2/c1-9-4-6-10(7-5-9)24-15(18)13(20-21-24)14(17)19-11-8-12(25)23(3)16(26)22(11)2/h4-8H,18H2,1-3H3,(H2,17,19). The van der Waals surface area contributed by atoms with Gasteiger partial charge in [-0.1, -0.05) is 22.9 Å². The van der Waals surface area contributed by atoms with E-state index in [2.05, 4.69) is 15.3 Å². The Hall–Kier alpha value is -3.69. The number of nitrogens with zero attached hydrogens (tertiary/aromatic N) is 6. The molecule has 2 aromatic heterocycles. The van der Waals surface area contributed by atoms with Crippen molar-refractivity contribution in [1.82, 2.24) is 24.1 Å². The molecule has 3 aromatic rings. The van der Waals surface area contributed by atoms with Gasteiger partial charge in [0.1, 0.15) is 5.82 Å². The summed E-state index contributed by atoms with van der Waals surface area (Å²) in [5.41, 5.74) is 13.1. The molecule has 4 N–H and O–H groups in total. The van der Waals surface area contributed by atoms with Gasteiger partial charge in [0.05, 0.1) is 5.69 Å². The van der Waals surface area contributed by atoms with Gasteiger partial charge in [0.2, 0.25) is 0 Å². The molecule has 0 radical (unpaired) electrons. The lowest BCUT2D eigenvalue weighted by Crippen LogP contribution is -2.36. The summed E-state index contributed by atoms with van der Waals surface area (Å²) in [7, 11) is 2.87. The van der Waals surface area contributed by atoms with Gasteiger partial charge in [0.25, 0.3) is 5.56 Å². The number of aliphatic imine (C=N–C) groups is 1. The molecule has 0 atom stereocenters. The van der Waals surface area contributed by atoms with Gasteiger partial charge in [-0.15, -0.1) is 5.10 Å². The van der Waals surface area contributed by atoms with E-state index in [0.717, 1.165) is 15.8 Å². The summed E-state index contributed by atoms with van der Waals surface area (Å²) in [5, 5.41) is 7.96. The molecule has 10 nitrogen and oxygen atoms in total. The van der Waals surface area contributed by atoms with Gasteiger partial charge in [-0.2, -0.15) is 4.68 Å². The Labute approximate surface area is 148 Å². The lowest BCUT2D eigenvalue weighted by atomic mass is 10.2. The third-order valence-electron chi connectivity index (χ3n) is 3.96. The van der Waals surface area contributed by atoms with Crippen molar-refractivity contribution in [3.05, 3.63) is 62.4 Å². The predicted molar refractivity (Wildman–Crippen MR) is 97.8 cm³/mol. The minimum absolute atomic E-state index is 0.0517. The van der Waals surface area contributed by atoms with Crippen molar-refractivity contribution in [3.8, 4) is 5.69 Å². The Morgan fingerprint density at radius 2 is 1.77 bits per heavy atom. The second kappa shape index (κ2) is 6.31. The summed E-state index contributed by atoms with van der Waals surface area (Å²) >= 11 is 0. The SMILES string of the molecule is Cc1ccc(-n2nnc(C(N)=Nc3cc(=O)n(C)c(=O)n3C)c2N)cc1. The fourth-order valence-electron chi connectivity index (χ4n) is 2.35. The van der Waals surface area contributed by atoms with Crippen LogP contribution in [0.25, 0.3) is 5.69 Å². The molecule has 0 aliphatic heterocycles. The molecule has 0 aliphatic carbocycles. The van der Waals surface area contributed by atoms with Crippen LogP contribution in [0.15, 0.2) is 44.9 Å². The van der Waals surface area contributed by atoms with Crippen LogP contribution in [-0.4, -0.2) is 30.0 Å². The topological polar surface area (TPSA) is 139 Å². The van der Waals surface area contributed by atoms with E-state index in [0.29, 0.717) is 0 Å². The zero-order valence-electron chi connectivity index (χ0n) is 14.5. The Bertz CT molecular complexity index is 1120. The number of hydrogen-bond donors (Lipinski definition) is 2. The molecule has 3 rings (SSSR count). The fraction of sp³-hybridized carbons (Fsp3) is 0.188. The van der Waals surface area contributed by atoms with Crippen molar-refractivity contribution in [2.45, 2.75) is 6.92 Å². The number of amidine groups is 1. The van der Waals surface area contributed by atoms with Gasteiger partial charge in [-0.05, 0) is 19.1 Å². The van der Waals surface area contributed by atoms with E-state index in [1.165, 1.54) is 29.4 Å². The summed E-state index contributed by atoms with van der Waals surface area (Å²) in [6, 6.07) is 8.74. The van der Waals surface area contributed by atoms with Gasteiger partial charge in [-0.25, -0.2) is 9.79 Å². The van der Waals surface area contributed by atoms with Crippen molar-refractivity contribution in [3.63, 3.8) is 0 Å². The highest BCUT2D eigenvalue weighted by Crippen LogP contribution is 2.16. The first-order chi connectivity index (χ1) is 12.3. The third kappa shape index (κ3) is 2.88. The molecule has 0 saturated carbocycles. The minimum Gasteiger partial charge on any atom is -0.382 e. The summed E-state index contributed by atoms with van der Waals surface area (Å²) in [5.74, 6) is 0.243. The molecule has 1 aromatic carbocycles. The number of aryl methyl sites for hydroxylation is 1. The Balaban J connectivity index is 2.06. The lowest BCUT2D eigenvalue weighted by molar-refractivity contribution is 0.689. The van der Waals surface area contributed by atoms with Crippen molar-refractivity contribution in [2.75, 3.05) is 5.73 Å². The molecule has 26 heavy (non-hydrogen) atoms. The highest BCUT2D eigenvalue weighted by Gasteiger charge is 2.15. The van der Waals surface area contributed by atoms with Crippen LogP contribution in [-0.2, 0) is 14.1 Å². The maximum absolute atomic E-state index is 12.0. The highest BCUT2D eigenvalue weighted by molar-refractivity contribution is 6.00. The largest absolute Gasteiger partial charge is 0.382 e. The number of anilines is 1. The number of benzene rings is 1. The molecule has 2 heterocycles. The Morgan fingerprint density at radius 3 is 2.42 bits per heavy atom. The molecule has 0 fully saturated rings. The van der Waals surface area contributed by atoms with Crippen LogP contribution in [0, 0.1) is 6.92 Å². The zero-order chi connectivity index (χ0) is 19.0. The lowest BCUT2D eigenvalue weighted by Gasteiger charge is -2.06. The van der Waals surface area contributed by atoms with E-state index in [-0.39, 0.29) is 23.2 Å². The number of hydrogen-bond acceptors (Lipinski definition) is 6. The van der Waals surface area contributed by atoms with E-state index in [9.17, 15) is 9.59 Å². The molecule has 0 spiro atoms. The molecule has 0 amide bonds. The zero-order valence-corrected chi connectivity index (χ0v) is 14.5. The molecule has 0 bridgehead atoms. The van der Waals surface area contributed by atoms with Crippen molar-refractivity contribution in [1.29, 1.82) is 0 Å². The van der Waals surface area contributed by atoms with E-state index >= 15 is 0 Å². The van der Waals surface area contributed by atoms with Crippen LogP contribution >= 0.6 is 0 Å². The molecule has 134 valence electrons. The number of rotatable bonds is 3. The van der Waals surface area contributed by atoms with Crippen molar-refractivity contribution in [2.24, 2.45) is 24.8 Å². The summed E-state index contributed by atoms with van der Waals surface area (Å²) in [6.07, 6.45) is 0. The van der Waals surface area contributed by atoms with Crippen LogP contribution in [0.3, 0.4) is 0 Å². The van der Waals surface area contributed by atoms with Crippen molar-refractivity contribution < 1.29 is 0 Å². The number of aromatic nitrogens is 5. The monoisotopic (exact) mass is 354 g/mol. The number of nitrogens with two attached hydrogens (primary N) is 2. The van der Waals surface area contributed by atoms with Gasteiger partial charge in [0, 0.05) is 20.2 Å². The van der Waals surface area contributed by atoms with Crippen molar-refractivity contribution >= 4 is 17.5 Å². The molecule has 10 heteroatoms. The molecule has 0 saturated heterocycles. The molecular formula is C16H18N8O2. The fourth-order valence-corrected chi connectivity index (χ4v) is 2.35. The van der Waals surface area contributed by atoms with E-state index in [1.807, 2.05) is 31.2 Å². The first-order valence-corrected chi connectivity index (χ1v) is 7.69. The maximum Gasteiger partial charge on any atom is 0.332 e. The summed E-state index contributed by atoms with van der Waals surface area (Å²) in [6.45, 7) is 1.97. The van der Waals surface area contributed by atoms with E-state index in [1.54, 1.807) is 0 Å². The average molecular weight is 354 g/mol. The van der Waals surface area contributed by atoms with Crippen LogP contribution in [0.2, 0.25) is 0 Å². The van der Waals surface area contributed by atoms with Gasteiger partial charge < -0.3 is 11.5 Å². The van der Waals surface area contributed by atoms with Gasteiger partial charge in [0.15, 0.2) is 17.3 Å². The Morgan fingerprint density at radius 1 is 1.12 bits per heavy atom. The summed E-state index contributed by atoms with van der Waals surface area (Å²) < 4.78 is 3.60. The van der Waals surface area contributed by atoms with E-state index < -0.39 is 11.2 Å². The minimum atomic E-state index is -0.514. The molecule has 0 aliphatic rings. The first-order valence-electron chi connectivity index (χ1n) is 7.69. The predicted octanol–water partition coefficient (Wildman–Crippen LogP) is -0.408. The highest BCUT2D eigenvalue weighted by atomic mass is 16.2. The third-order valence-corrected chi connectivity index (χ3v) is 3.96. The van der Waals surface area contributed by atoms with Gasteiger partial charge in [-0.3, -0.25) is 13.9 Å². The quantitative estimate of drug-likeness (QED) is 0.484. The van der Waals surface area contributed by atoms with Crippen LogP contribution < -0.4 is 22.7 Å². The molecular weight excluding hydrogens is 336 g/mol. The summed E-state index contributed by atoms with van der Waals surface area (Å²) in [4.78, 5) is 27.9. The first kappa shape index (κ1) is 17.1. The Kier molecular flexibility index (Phi) is 4.16. The van der Waals surface area contributed by atoms with Gasteiger partial charge >= 0.3 is 5.69 Å². The molecule has 0 unspecified atom stereocenters. The smallest absolute Gasteiger partial charge is 0.332 e. The van der Waals surface area contributed by atoms with E-state index in [4.69, 9.17) is 11.5 Å². The number of nitrogen functional groups attached to an aromatic ring is 1. The maximum atomic E-state index is 12.0. The van der Waals surface area contributed by atoms with Crippen LogP contribution in [0.1, 0.15) is 11.3 Å². The second-order valence-corrected chi connectivity index (χ2v) is 5.81. The average Bonchev–Trinajstić information content (AvgIpc) is 3.00. The van der Waals surface area contributed by atoms with Crippen LogP contribution in [0.4, 0.5) is 11.6 Å². The van der Waals surface area contributed by atoms with Crippen LogP contribution in [0.5, 0.6) is 0 Å². The normalized spacial score (nSPS) is 11.7. The second-order valence-electron chi connectivity index (χ2n) is 5.81.